The van der Waals surface area contributed by atoms with Crippen molar-refractivity contribution in [2.24, 2.45) is 0 Å². The van der Waals surface area contributed by atoms with Gasteiger partial charge < -0.3 is 14.3 Å². The maximum Gasteiger partial charge on any atom is 0.196 e. The Morgan fingerprint density at radius 3 is 2.76 bits per heavy atom. The number of aromatic nitrogens is 5. The lowest BCUT2D eigenvalue weighted by atomic mass is 10.1. The number of aromatic amines is 1. The number of rotatable bonds is 8. The predicted octanol–water partition coefficient (Wildman–Crippen LogP) is 6.64. The van der Waals surface area contributed by atoms with Gasteiger partial charge in [-0.25, -0.2) is 0 Å². The molecule has 3 aromatic heterocycles. The Morgan fingerprint density at radius 2 is 1.97 bits per heavy atom. The number of Topliss-reactive ketones (excluding diaryl/α,β-unsaturated/α-hetero) is 1. The maximum absolute atomic E-state index is 13.4. The van der Waals surface area contributed by atoms with Gasteiger partial charge in [0, 0.05) is 63.5 Å². The molecule has 1 saturated heterocycles. The fraction of sp³-hybridized carbons (Fsp3) is 0.276. The summed E-state index contributed by atoms with van der Waals surface area (Å²) in [5.74, 6) is 1.03. The zero-order valence-electron chi connectivity index (χ0n) is 21.3. The Bertz CT molecular complexity index is 1610. The molecule has 0 saturated carbocycles. The van der Waals surface area contributed by atoms with Gasteiger partial charge in [0.05, 0.1) is 11.9 Å². The topological polar surface area (TPSA) is 77.7 Å². The number of hydrogen-bond donors (Lipinski definition) is 1. The molecule has 0 amide bonds. The van der Waals surface area contributed by atoms with Crippen LogP contribution in [0.2, 0.25) is 5.02 Å². The third-order valence-electron chi connectivity index (χ3n) is 7.16. The molecule has 2 aromatic carbocycles. The molecule has 1 aliphatic heterocycles. The quantitative estimate of drug-likeness (QED) is 0.175. The summed E-state index contributed by atoms with van der Waals surface area (Å²) < 4.78 is 10.0. The van der Waals surface area contributed by atoms with Gasteiger partial charge >= 0.3 is 0 Å². The van der Waals surface area contributed by atoms with E-state index in [4.69, 9.17) is 16.3 Å². The van der Waals surface area contributed by atoms with Crippen molar-refractivity contribution in [3.63, 3.8) is 0 Å². The van der Waals surface area contributed by atoms with Gasteiger partial charge in [-0.1, -0.05) is 41.6 Å². The summed E-state index contributed by atoms with van der Waals surface area (Å²) in [7, 11) is 0. The first-order chi connectivity index (χ1) is 18.5. The summed E-state index contributed by atoms with van der Waals surface area (Å²) >= 11 is 7.57. The van der Waals surface area contributed by atoms with Crippen LogP contribution in [0.25, 0.3) is 28.0 Å². The Morgan fingerprint density at radius 1 is 1.16 bits per heavy atom. The van der Waals surface area contributed by atoms with Gasteiger partial charge in [-0.3, -0.25) is 9.36 Å². The van der Waals surface area contributed by atoms with Crippen molar-refractivity contribution in [2.45, 2.75) is 44.5 Å². The van der Waals surface area contributed by atoms with E-state index < -0.39 is 0 Å². The second-order valence-electron chi connectivity index (χ2n) is 9.61. The molecule has 0 aliphatic carbocycles. The van der Waals surface area contributed by atoms with Crippen LogP contribution < -0.4 is 0 Å². The molecule has 1 unspecified atom stereocenters. The molecule has 0 bridgehead atoms. The summed E-state index contributed by atoms with van der Waals surface area (Å²) in [5, 5.41) is 11.4. The number of nitrogens with zero attached hydrogens (tertiary/aromatic N) is 4. The molecular formula is C29H28ClN5O2S. The highest BCUT2D eigenvalue weighted by Gasteiger charge is 2.23. The van der Waals surface area contributed by atoms with Crippen LogP contribution in [0.4, 0.5) is 0 Å². The number of nitrogens with one attached hydrogen (secondary N) is 1. The number of ketones is 1. The summed E-state index contributed by atoms with van der Waals surface area (Å²) in [4.78, 5) is 16.7. The largest absolute Gasteiger partial charge is 0.376 e. The van der Waals surface area contributed by atoms with Crippen LogP contribution in [0.15, 0.2) is 66.0 Å². The Kier molecular flexibility index (Phi) is 6.86. The van der Waals surface area contributed by atoms with Gasteiger partial charge in [0.15, 0.2) is 16.8 Å². The zero-order valence-corrected chi connectivity index (χ0v) is 22.9. The molecule has 7 nitrogen and oxygen atoms in total. The molecule has 6 rings (SSSR count). The van der Waals surface area contributed by atoms with Crippen LogP contribution in [0.3, 0.4) is 0 Å². The first-order valence-corrected chi connectivity index (χ1v) is 14.1. The number of para-hydroxylation sites is 1. The predicted molar refractivity (Wildman–Crippen MR) is 152 cm³/mol. The normalized spacial score (nSPS) is 15.5. The van der Waals surface area contributed by atoms with Crippen molar-refractivity contribution >= 4 is 40.0 Å². The smallest absolute Gasteiger partial charge is 0.196 e. The first-order valence-electron chi connectivity index (χ1n) is 12.7. The zero-order chi connectivity index (χ0) is 26.2. The number of hydrogen-bond acceptors (Lipinski definition) is 5. The van der Waals surface area contributed by atoms with Gasteiger partial charge in [0.25, 0.3) is 0 Å². The minimum absolute atomic E-state index is 0.0704. The van der Waals surface area contributed by atoms with E-state index >= 15 is 0 Å². The highest BCUT2D eigenvalue weighted by Crippen LogP contribution is 2.33. The summed E-state index contributed by atoms with van der Waals surface area (Å²) in [6.45, 7) is 5.68. The molecule has 1 aliphatic rings. The number of thioether (sulfide) groups is 1. The number of aryl methyl sites for hydroxylation is 1. The Labute approximate surface area is 230 Å². The monoisotopic (exact) mass is 545 g/mol. The van der Waals surface area contributed by atoms with E-state index in [1.807, 2.05) is 66.2 Å². The third kappa shape index (κ3) is 4.68. The van der Waals surface area contributed by atoms with E-state index in [0.29, 0.717) is 16.0 Å². The molecule has 0 radical (unpaired) electrons. The van der Waals surface area contributed by atoms with E-state index in [9.17, 15) is 4.79 Å². The summed E-state index contributed by atoms with van der Waals surface area (Å²) in [6.07, 6.45) is 4.33. The Hall–Kier alpha value is -3.33. The maximum atomic E-state index is 13.4. The SMILES string of the molecule is Cc1cc(C(=O)CSc2nnc(-c3c[nH]c4ccccc34)n2-c2ccc(Cl)cc2)c(C)n1CC1CCCO1. The summed E-state index contributed by atoms with van der Waals surface area (Å²) in [6, 6.07) is 17.7. The van der Waals surface area contributed by atoms with Gasteiger partial charge in [-0.05, 0) is 63.1 Å². The van der Waals surface area contributed by atoms with Crippen molar-refractivity contribution in [1.82, 2.24) is 24.3 Å². The molecule has 5 aromatic rings. The number of fused-ring (bicyclic) bond motifs is 1. The average molecular weight is 546 g/mol. The molecule has 0 spiro atoms. The number of ether oxygens (including phenoxy) is 1. The number of benzene rings is 2. The number of carbonyl (C=O) groups is 1. The van der Waals surface area contributed by atoms with Crippen molar-refractivity contribution < 1.29 is 9.53 Å². The van der Waals surface area contributed by atoms with Gasteiger partial charge in [-0.2, -0.15) is 0 Å². The van der Waals surface area contributed by atoms with Crippen LogP contribution in [0.5, 0.6) is 0 Å². The van der Waals surface area contributed by atoms with E-state index in [0.717, 1.165) is 65.1 Å². The van der Waals surface area contributed by atoms with E-state index in [2.05, 4.69) is 32.7 Å². The standard InChI is InChI=1S/C29H28ClN5O2S/c1-18-14-24(19(2)34(18)16-22-6-5-13-37-22)27(36)17-38-29-33-32-28(35(29)21-11-9-20(30)10-12-21)25-15-31-26-8-4-3-7-23(25)26/h3-4,7-12,14-15,22,31H,5-6,13,16-17H2,1-2H3. The van der Waals surface area contributed by atoms with E-state index in [-0.39, 0.29) is 17.6 Å². The fourth-order valence-corrected chi connectivity index (χ4v) is 6.14. The molecular weight excluding hydrogens is 518 g/mol. The van der Waals surface area contributed by atoms with Crippen LogP contribution in [0.1, 0.15) is 34.6 Å². The minimum atomic E-state index is 0.0704. The highest BCUT2D eigenvalue weighted by molar-refractivity contribution is 7.99. The van der Waals surface area contributed by atoms with Crippen LogP contribution in [-0.2, 0) is 11.3 Å². The lowest BCUT2D eigenvalue weighted by molar-refractivity contribution is 0.0957. The number of H-pyrrole nitrogens is 1. The van der Waals surface area contributed by atoms with Crippen LogP contribution in [-0.4, -0.2) is 48.6 Å². The second kappa shape index (κ2) is 10.4. The molecule has 1 atom stereocenters. The molecule has 1 N–H and O–H groups in total. The van der Waals surface area contributed by atoms with Crippen molar-refractivity contribution in [1.29, 1.82) is 0 Å². The molecule has 9 heteroatoms. The van der Waals surface area contributed by atoms with Crippen molar-refractivity contribution in [3.05, 3.63) is 82.8 Å². The van der Waals surface area contributed by atoms with Crippen molar-refractivity contribution in [2.75, 3.05) is 12.4 Å². The van der Waals surface area contributed by atoms with Gasteiger partial charge in [0.2, 0.25) is 0 Å². The van der Waals surface area contributed by atoms with Gasteiger partial charge in [-0.15, -0.1) is 10.2 Å². The average Bonchev–Trinajstić information content (AvgIpc) is 3.72. The number of carbonyl (C=O) groups excluding carboxylic acids is 1. The minimum Gasteiger partial charge on any atom is -0.376 e. The first kappa shape index (κ1) is 25.0. The second-order valence-corrected chi connectivity index (χ2v) is 11.0. The van der Waals surface area contributed by atoms with E-state index in [1.54, 1.807) is 0 Å². The highest BCUT2D eigenvalue weighted by atomic mass is 35.5. The Balaban J connectivity index is 1.30. The lowest BCUT2D eigenvalue weighted by Gasteiger charge is -2.14. The summed E-state index contributed by atoms with van der Waals surface area (Å²) in [5.41, 5.74) is 5.67. The lowest BCUT2D eigenvalue weighted by Crippen LogP contribution is -2.17. The molecule has 194 valence electrons. The molecule has 38 heavy (non-hydrogen) atoms. The van der Waals surface area contributed by atoms with E-state index in [1.165, 1.54) is 11.8 Å². The van der Waals surface area contributed by atoms with Crippen molar-refractivity contribution in [3.8, 4) is 17.1 Å². The fourth-order valence-electron chi connectivity index (χ4n) is 5.18. The number of halogens is 1. The van der Waals surface area contributed by atoms with Crippen LogP contribution >= 0.6 is 23.4 Å². The van der Waals surface area contributed by atoms with Gasteiger partial charge in [0.1, 0.15) is 0 Å². The van der Waals surface area contributed by atoms with Crippen LogP contribution in [0, 0.1) is 13.8 Å². The third-order valence-corrected chi connectivity index (χ3v) is 8.35. The molecule has 1 fully saturated rings. The molecule has 4 heterocycles.